The SMILES string of the molecule is N#Cc1cc(N)ccc1OCCN. The Hall–Kier alpha value is -1.73. The Balaban J connectivity index is 2.88. The Kier molecular flexibility index (Phi) is 3.12. The number of benzene rings is 1. The molecule has 0 radical (unpaired) electrons. The molecule has 68 valence electrons. The van der Waals surface area contributed by atoms with Crippen molar-refractivity contribution >= 4 is 5.69 Å². The van der Waals surface area contributed by atoms with Gasteiger partial charge in [-0.2, -0.15) is 5.26 Å². The minimum Gasteiger partial charge on any atom is -0.491 e. The first-order valence-corrected chi connectivity index (χ1v) is 3.90. The first-order chi connectivity index (χ1) is 6.27. The maximum absolute atomic E-state index is 8.73. The van der Waals surface area contributed by atoms with Gasteiger partial charge in [-0.15, -0.1) is 0 Å². The lowest BCUT2D eigenvalue weighted by Crippen LogP contribution is -2.11. The summed E-state index contributed by atoms with van der Waals surface area (Å²) in [7, 11) is 0. The number of ether oxygens (including phenoxy) is 1. The van der Waals surface area contributed by atoms with Gasteiger partial charge in [0.25, 0.3) is 0 Å². The zero-order chi connectivity index (χ0) is 9.68. The maximum atomic E-state index is 8.73. The van der Waals surface area contributed by atoms with Gasteiger partial charge in [0.2, 0.25) is 0 Å². The van der Waals surface area contributed by atoms with E-state index in [0.29, 0.717) is 30.2 Å². The number of rotatable bonds is 3. The summed E-state index contributed by atoms with van der Waals surface area (Å²) < 4.78 is 5.23. The molecule has 0 saturated heterocycles. The van der Waals surface area contributed by atoms with Crippen molar-refractivity contribution in [1.29, 1.82) is 5.26 Å². The highest BCUT2D eigenvalue weighted by atomic mass is 16.5. The number of nitrogen functional groups attached to an aromatic ring is 1. The average Bonchev–Trinajstić information content (AvgIpc) is 2.16. The fourth-order valence-electron chi connectivity index (χ4n) is 0.930. The normalized spacial score (nSPS) is 9.23. The van der Waals surface area contributed by atoms with Gasteiger partial charge < -0.3 is 16.2 Å². The molecule has 0 fully saturated rings. The number of anilines is 1. The van der Waals surface area contributed by atoms with Crippen molar-refractivity contribution in [3.05, 3.63) is 23.8 Å². The van der Waals surface area contributed by atoms with Crippen molar-refractivity contribution in [2.24, 2.45) is 5.73 Å². The molecule has 0 bridgehead atoms. The third-order valence-electron chi connectivity index (χ3n) is 1.50. The lowest BCUT2D eigenvalue weighted by Gasteiger charge is -2.06. The summed E-state index contributed by atoms with van der Waals surface area (Å²) >= 11 is 0. The zero-order valence-corrected chi connectivity index (χ0v) is 7.16. The number of hydrogen-bond acceptors (Lipinski definition) is 4. The lowest BCUT2D eigenvalue weighted by atomic mass is 10.2. The van der Waals surface area contributed by atoms with Gasteiger partial charge >= 0.3 is 0 Å². The fourth-order valence-corrected chi connectivity index (χ4v) is 0.930. The van der Waals surface area contributed by atoms with E-state index in [1.54, 1.807) is 18.2 Å². The van der Waals surface area contributed by atoms with E-state index in [2.05, 4.69) is 0 Å². The zero-order valence-electron chi connectivity index (χ0n) is 7.16. The van der Waals surface area contributed by atoms with Crippen LogP contribution in [0.1, 0.15) is 5.56 Å². The maximum Gasteiger partial charge on any atom is 0.137 e. The molecule has 0 aromatic heterocycles. The van der Waals surface area contributed by atoms with Crippen molar-refractivity contribution < 1.29 is 4.74 Å². The predicted molar refractivity (Wildman–Crippen MR) is 50.1 cm³/mol. The molecule has 1 aromatic carbocycles. The number of nitrogens with two attached hydrogens (primary N) is 2. The monoisotopic (exact) mass is 177 g/mol. The molecular formula is C9H11N3O. The van der Waals surface area contributed by atoms with Crippen LogP contribution in [-0.4, -0.2) is 13.2 Å². The summed E-state index contributed by atoms with van der Waals surface area (Å²) in [4.78, 5) is 0. The molecule has 0 aliphatic rings. The van der Waals surface area contributed by atoms with Crippen LogP contribution in [0.15, 0.2) is 18.2 Å². The van der Waals surface area contributed by atoms with Crippen molar-refractivity contribution in [1.82, 2.24) is 0 Å². The van der Waals surface area contributed by atoms with Crippen LogP contribution < -0.4 is 16.2 Å². The van der Waals surface area contributed by atoms with E-state index in [4.69, 9.17) is 21.5 Å². The topological polar surface area (TPSA) is 85.1 Å². The summed E-state index contributed by atoms with van der Waals surface area (Å²) in [5, 5.41) is 8.73. The fraction of sp³-hybridized carbons (Fsp3) is 0.222. The van der Waals surface area contributed by atoms with Crippen LogP contribution in [-0.2, 0) is 0 Å². The van der Waals surface area contributed by atoms with Crippen LogP contribution in [0.2, 0.25) is 0 Å². The van der Waals surface area contributed by atoms with Gasteiger partial charge in [-0.3, -0.25) is 0 Å². The summed E-state index contributed by atoms with van der Waals surface area (Å²) in [5.41, 5.74) is 11.8. The Morgan fingerprint density at radius 1 is 1.46 bits per heavy atom. The molecule has 4 N–H and O–H groups in total. The third-order valence-corrected chi connectivity index (χ3v) is 1.50. The van der Waals surface area contributed by atoms with E-state index in [0.717, 1.165) is 0 Å². The van der Waals surface area contributed by atoms with Gasteiger partial charge in [0, 0.05) is 12.2 Å². The molecule has 1 aromatic rings. The highest BCUT2D eigenvalue weighted by molar-refractivity contribution is 5.53. The highest BCUT2D eigenvalue weighted by Gasteiger charge is 2.02. The summed E-state index contributed by atoms with van der Waals surface area (Å²) in [6, 6.07) is 6.93. The lowest BCUT2D eigenvalue weighted by molar-refractivity contribution is 0.327. The molecule has 4 heteroatoms. The molecule has 4 nitrogen and oxygen atoms in total. The first-order valence-electron chi connectivity index (χ1n) is 3.90. The van der Waals surface area contributed by atoms with Crippen LogP contribution in [0, 0.1) is 11.3 Å². The highest BCUT2D eigenvalue weighted by Crippen LogP contribution is 2.19. The van der Waals surface area contributed by atoms with E-state index >= 15 is 0 Å². The molecule has 0 atom stereocenters. The Morgan fingerprint density at radius 3 is 2.85 bits per heavy atom. The smallest absolute Gasteiger partial charge is 0.137 e. The second-order valence-electron chi connectivity index (χ2n) is 2.50. The number of nitriles is 1. The van der Waals surface area contributed by atoms with E-state index in [1.165, 1.54) is 0 Å². The first kappa shape index (κ1) is 9.36. The van der Waals surface area contributed by atoms with Crippen molar-refractivity contribution in [2.75, 3.05) is 18.9 Å². The van der Waals surface area contributed by atoms with Crippen LogP contribution in [0.4, 0.5) is 5.69 Å². The van der Waals surface area contributed by atoms with E-state index in [1.807, 2.05) is 6.07 Å². The molecule has 13 heavy (non-hydrogen) atoms. The van der Waals surface area contributed by atoms with E-state index in [-0.39, 0.29) is 0 Å². The van der Waals surface area contributed by atoms with Gasteiger partial charge in [0.15, 0.2) is 0 Å². The molecular weight excluding hydrogens is 166 g/mol. The second-order valence-corrected chi connectivity index (χ2v) is 2.50. The predicted octanol–water partition coefficient (Wildman–Crippen LogP) is 0.478. The molecule has 0 saturated carbocycles. The van der Waals surface area contributed by atoms with Crippen LogP contribution >= 0.6 is 0 Å². The summed E-state index contributed by atoms with van der Waals surface area (Å²) in [6.45, 7) is 0.827. The average molecular weight is 177 g/mol. The number of nitrogens with zero attached hydrogens (tertiary/aromatic N) is 1. The molecule has 0 amide bonds. The van der Waals surface area contributed by atoms with E-state index in [9.17, 15) is 0 Å². The van der Waals surface area contributed by atoms with Crippen LogP contribution in [0.5, 0.6) is 5.75 Å². The summed E-state index contributed by atoms with van der Waals surface area (Å²) in [5.74, 6) is 0.530. The van der Waals surface area contributed by atoms with Crippen LogP contribution in [0.25, 0.3) is 0 Å². The minimum absolute atomic E-state index is 0.401. The quantitative estimate of drug-likeness (QED) is 0.657. The minimum atomic E-state index is 0.401. The van der Waals surface area contributed by atoms with Crippen molar-refractivity contribution in [3.63, 3.8) is 0 Å². The Morgan fingerprint density at radius 2 is 2.23 bits per heavy atom. The van der Waals surface area contributed by atoms with Gasteiger partial charge in [0.1, 0.15) is 18.4 Å². The Bertz CT molecular complexity index is 330. The molecule has 0 aliphatic heterocycles. The molecule has 0 spiro atoms. The third kappa shape index (κ3) is 2.36. The molecule has 1 rings (SSSR count). The molecule has 0 unspecified atom stereocenters. The van der Waals surface area contributed by atoms with Gasteiger partial charge in [-0.1, -0.05) is 0 Å². The summed E-state index contributed by atoms with van der Waals surface area (Å²) in [6.07, 6.45) is 0. The van der Waals surface area contributed by atoms with Gasteiger partial charge in [-0.05, 0) is 18.2 Å². The second kappa shape index (κ2) is 4.33. The van der Waals surface area contributed by atoms with Gasteiger partial charge in [-0.25, -0.2) is 0 Å². The van der Waals surface area contributed by atoms with Crippen molar-refractivity contribution in [3.8, 4) is 11.8 Å². The number of hydrogen-bond donors (Lipinski definition) is 2. The molecule has 0 heterocycles. The van der Waals surface area contributed by atoms with Crippen molar-refractivity contribution in [2.45, 2.75) is 0 Å². The Labute approximate surface area is 76.7 Å². The standard InChI is InChI=1S/C9H11N3O/c10-3-4-13-9-2-1-8(12)5-7(9)6-11/h1-2,5H,3-4,10,12H2. The molecule has 0 aliphatic carbocycles. The largest absolute Gasteiger partial charge is 0.491 e. The van der Waals surface area contributed by atoms with Gasteiger partial charge in [0.05, 0.1) is 5.56 Å². The van der Waals surface area contributed by atoms with E-state index < -0.39 is 0 Å². The van der Waals surface area contributed by atoms with Crippen LogP contribution in [0.3, 0.4) is 0 Å².